The minimum Gasteiger partial charge on any atom is -0.250 e. The summed E-state index contributed by atoms with van der Waals surface area (Å²) < 4.78 is 0. The van der Waals surface area contributed by atoms with Gasteiger partial charge >= 0.3 is 0 Å². The Morgan fingerprint density at radius 3 is 1.09 bits per heavy atom. The van der Waals surface area contributed by atoms with Crippen molar-refractivity contribution in [1.29, 1.82) is 0 Å². The molecule has 0 unspecified atom stereocenters. The SMILES string of the molecule is CCCCCCCCCCCCCCCCCC#CC(=Nc1cc(CCCC)cc(CCCC)c1)C(CCCCCC)=Nc1cc(CCCC)cc(CCCC)c1. The fraction of sp³-hybridized carbons (Fsp3) is 0.709. The van der Waals surface area contributed by atoms with Crippen molar-refractivity contribution < 1.29 is 0 Å². The minimum atomic E-state index is 0.899. The van der Waals surface area contributed by atoms with E-state index in [1.54, 1.807) is 0 Å². The molecule has 2 aromatic rings. The third-order valence-corrected chi connectivity index (χ3v) is 11.5. The fourth-order valence-corrected chi connectivity index (χ4v) is 7.84. The number of nitrogens with zero attached hydrogens (tertiary/aromatic N) is 2. The van der Waals surface area contributed by atoms with Gasteiger partial charge in [0, 0.05) is 6.42 Å². The molecular weight excluding hydrogens is 689 g/mol. The third kappa shape index (κ3) is 25.4. The fourth-order valence-electron chi connectivity index (χ4n) is 7.84. The number of hydrogen-bond acceptors (Lipinski definition) is 2. The Morgan fingerprint density at radius 1 is 0.368 bits per heavy atom. The second kappa shape index (κ2) is 35.3. The topological polar surface area (TPSA) is 24.7 Å². The van der Waals surface area contributed by atoms with Gasteiger partial charge in [0.05, 0.1) is 17.1 Å². The van der Waals surface area contributed by atoms with Crippen LogP contribution >= 0.6 is 0 Å². The van der Waals surface area contributed by atoms with Crippen LogP contribution in [-0.2, 0) is 25.7 Å². The monoisotopic (exact) mass is 779 g/mol. The van der Waals surface area contributed by atoms with Gasteiger partial charge in [0.25, 0.3) is 0 Å². The van der Waals surface area contributed by atoms with E-state index in [2.05, 4.69) is 89.8 Å². The summed E-state index contributed by atoms with van der Waals surface area (Å²) in [6.07, 6.45) is 41.7. The molecule has 2 rings (SSSR count). The van der Waals surface area contributed by atoms with Gasteiger partial charge in [-0.2, -0.15) is 0 Å². The molecule has 0 aliphatic carbocycles. The molecule has 2 aromatic carbocycles. The lowest BCUT2D eigenvalue weighted by molar-refractivity contribution is 0.533. The molecule has 0 spiro atoms. The number of aryl methyl sites for hydroxylation is 4. The Labute approximate surface area is 355 Å². The second-order valence-corrected chi connectivity index (χ2v) is 17.3. The molecule has 0 saturated heterocycles. The molecule has 0 saturated carbocycles. The predicted molar refractivity (Wildman–Crippen MR) is 258 cm³/mol. The lowest BCUT2D eigenvalue weighted by atomic mass is 10.00. The zero-order valence-corrected chi connectivity index (χ0v) is 38.7. The van der Waals surface area contributed by atoms with Crippen LogP contribution in [0.1, 0.15) is 250 Å². The van der Waals surface area contributed by atoms with Crippen LogP contribution in [0.25, 0.3) is 0 Å². The Bertz CT molecular complexity index is 1350. The standard InChI is InChI=1S/C55H90N2/c1-7-13-19-21-22-23-24-25-26-27-28-29-30-31-32-33-35-41-55(57-53-46-50(38-17-11-5)43-51(47-53)39-18-12-6)54(40-34-20-14-8-2)56-52-44-48(36-15-9-3)42-49(45-52)37-16-10-4/h42-47H,7-34,36-40H2,1-6H3. The minimum absolute atomic E-state index is 0.899. The van der Waals surface area contributed by atoms with E-state index < -0.39 is 0 Å². The zero-order valence-electron chi connectivity index (χ0n) is 38.7. The first-order valence-corrected chi connectivity index (χ1v) is 25.0. The van der Waals surface area contributed by atoms with Gasteiger partial charge in [-0.3, -0.25) is 4.99 Å². The maximum atomic E-state index is 5.51. The first-order chi connectivity index (χ1) is 28.1. The van der Waals surface area contributed by atoms with Crippen LogP contribution in [-0.4, -0.2) is 11.4 Å². The largest absolute Gasteiger partial charge is 0.250 e. The van der Waals surface area contributed by atoms with Gasteiger partial charge in [0.2, 0.25) is 0 Å². The number of benzene rings is 2. The summed E-state index contributed by atoms with van der Waals surface area (Å²) >= 11 is 0. The number of rotatable bonds is 35. The molecule has 0 aliphatic heterocycles. The summed E-state index contributed by atoms with van der Waals surface area (Å²) in [6.45, 7) is 13.8. The van der Waals surface area contributed by atoms with E-state index in [0.717, 1.165) is 67.7 Å². The van der Waals surface area contributed by atoms with Gasteiger partial charge in [0.15, 0.2) is 0 Å². The summed E-state index contributed by atoms with van der Waals surface area (Å²) in [5, 5.41) is 0. The normalized spacial score (nSPS) is 12.0. The quantitative estimate of drug-likeness (QED) is 0.0378. The second-order valence-electron chi connectivity index (χ2n) is 17.3. The summed E-state index contributed by atoms with van der Waals surface area (Å²) in [7, 11) is 0. The highest BCUT2D eigenvalue weighted by Gasteiger charge is 2.12. The van der Waals surface area contributed by atoms with Crippen LogP contribution in [0.4, 0.5) is 11.4 Å². The van der Waals surface area contributed by atoms with Crippen molar-refractivity contribution in [3.63, 3.8) is 0 Å². The molecular formula is C55H90N2. The van der Waals surface area contributed by atoms with Gasteiger partial charge in [-0.1, -0.05) is 194 Å². The molecule has 0 heterocycles. The van der Waals surface area contributed by atoms with Gasteiger partial charge in [-0.15, -0.1) is 0 Å². The van der Waals surface area contributed by atoms with Crippen LogP contribution in [0.3, 0.4) is 0 Å². The molecule has 0 fully saturated rings. The Kier molecular flexibility index (Phi) is 31.3. The summed E-state index contributed by atoms with van der Waals surface area (Å²) in [4.78, 5) is 11.0. The molecule has 0 aromatic heterocycles. The van der Waals surface area contributed by atoms with E-state index in [9.17, 15) is 0 Å². The van der Waals surface area contributed by atoms with Crippen molar-refractivity contribution in [2.45, 2.75) is 253 Å². The Hall–Kier alpha value is -2.66. The van der Waals surface area contributed by atoms with E-state index in [-0.39, 0.29) is 0 Å². The van der Waals surface area contributed by atoms with E-state index in [0.29, 0.717) is 0 Å². The van der Waals surface area contributed by atoms with Crippen LogP contribution in [0.15, 0.2) is 46.4 Å². The highest BCUT2D eigenvalue weighted by atomic mass is 14.8. The molecule has 0 bridgehead atoms. The Morgan fingerprint density at radius 2 is 0.702 bits per heavy atom. The lowest BCUT2D eigenvalue weighted by Crippen LogP contribution is -2.12. The lowest BCUT2D eigenvalue weighted by Gasteiger charge is -2.11. The van der Waals surface area contributed by atoms with Crippen molar-refractivity contribution in [2.75, 3.05) is 0 Å². The summed E-state index contributed by atoms with van der Waals surface area (Å²) in [5.41, 5.74) is 9.83. The molecule has 2 nitrogen and oxygen atoms in total. The van der Waals surface area contributed by atoms with Crippen molar-refractivity contribution in [2.24, 2.45) is 9.98 Å². The van der Waals surface area contributed by atoms with Crippen LogP contribution in [0, 0.1) is 11.8 Å². The van der Waals surface area contributed by atoms with Gasteiger partial charge < -0.3 is 0 Å². The highest BCUT2D eigenvalue weighted by molar-refractivity contribution is 6.49. The number of unbranched alkanes of at least 4 members (excludes halogenated alkanes) is 22. The average Bonchev–Trinajstić information content (AvgIpc) is 3.22. The van der Waals surface area contributed by atoms with E-state index in [4.69, 9.17) is 9.98 Å². The maximum Gasteiger partial charge on any atom is 0.135 e. The van der Waals surface area contributed by atoms with Crippen molar-refractivity contribution in [1.82, 2.24) is 0 Å². The first kappa shape index (κ1) is 50.5. The molecule has 320 valence electrons. The van der Waals surface area contributed by atoms with Crippen LogP contribution in [0.2, 0.25) is 0 Å². The van der Waals surface area contributed by atoms with Gasteiger partial charge in [-0.05, 0) is 123 Å². The molecule has 0 aliphatic rings. The van der Waals surface area contributed by atoms with Gasteiger partial charge in [-0.25, -0.2) is 4.99 Å². The predicted octanol–water partition coefficient (Wildman–Crippen LogP) is 18.1. The molecule has 0 N–H and O–H groups in total. The first-order valence-electron chi connectivity index (χ1n) is 25.0. The van der Waals surface area contributed by atoms with E-state index in [1.807, 2.05) is 0 Å². The number of aliphatic imine (C=N–C) groups is 2. The van der Waals surface area contributed by atoms with Crippen molar-refractivity contribution in [3.8, 4) is 11.8 Å². The smallest absolute Gasteiger partial charge is 0.135 e. The maximum absolute atomic E-state index is 5.51. The summed E-state index contributed by atoms with van der Waals surface area (Å²) in [5.74, 6) is 7.31. The van der Waals surface area contributed by atoms with Crippen LogP contribution in [0.5, 0.6) is 0 Å². The molecule has 0 atom stereocenters. The van der Waals surface area contributed by atoms with Crippen molar-refractivity contribution >= 4 is 22.8 Å². The molecule has 57 heavy (non-hydrogen) atoms. The van der Waals surface area contributed by atoms with Crippen molar-refractivity contribution in [3.05, 3.63) is 58.7 Å². The third-order valence-electron chi connectivity index (χ3n) is 11.5. The number of hydrogen-bond donors (Lipinski definition) is 0. The van der Waals surface area contributed by atoms with E-state index >= 15 is 0 Å². The average molecular weight is 779 g/mol. The van der Waals surface area contributed by atoms with Crippen LogP contribution < -0.4 is 0 Å². The Balaban J connectivity index is 2.31. The van der Waals surface area contributed by atoms with Gasteiger partial charge in [0.1, 0.15) is 5.71 Å². The molecule has 2 heteroatoms. The zero-order chi connectivity index (χ0) is 41.0. The van der Waals surface area contributed by atoms with E-state index in [1.165, 1.54) is 189 Å². The summed E-state index contributed by atoms with van der Waals surface area (Å²) in [6, 6.07) is 14.3. The molecule has 0 amide bonds. The molecule has 0 radical (unpaired) electrons. The highest BCUT2D eigenvalue weighted by Crippen LogP contribution is 2.25.